The Hall–Kier alpha value is -2.61. The number of nitrogens with one attached hydrogen (secondary N) is 1. The van der Waals surface area contributed by atoms with Gasteiger partial charge in [0.2, 0.25) is 5.13 Å². The summed E-state index contributed by atoms with van der Waals surface area (Å²) in [5.74, 6) is 1.60. The van der Waals surface area contributed by atoms with Gasteiger partial charge in [-0.2, -0.15) is 9.47 Å². The van der Waals surface area contributed by atoms with Gasteiger partial charge in [0.25, 0.3) is 5.56 Å². The van der Waals surface area contributed by atoms with Crippen molar-refractivity contribution in [3.8, 4) is 11.3 Å². The van der Waals surface area contributed by atoms with Crippen molar-refractivity contribution in [2.24, 2.45) is 0 Å². The van der Waals surface area contributed by atoms with Crippen LogP contribution in [0.2, 0.25) is 0 Å². The number of anilines is 1. The fourth-order valence-corrected chi connectivity index (χ4v) is 4.53. The lowest BCUT2D eigenvalue weighted by atomic mass is 9.91. The second-order valence-electron chi connectivity index (χ2n) is 7.62. The topological polar surface area (TPSA) is 85.6 Å². The Balaban J connectivity index is 1.25. The number of nitrogens with zero attached hydrogens (tertiary/aromatic N) is 5. The van der Waals surface area contributed by atoms with E-state index in [-0.39, 0.29) is 11.6 Å². The maximum atomic E-state index is 12.4. The van der Waals surface area contributed by atoms with Crippen molar-refractivity contribution in [2.45, 2.75) is 56.5 Å². The summed E-state index contributed by atoms with van der Waals surface area (Å²) in [5.41, 5.74) is 1.75. The van der Waals surface area contributed by atoms with Crippen LogP contribution in [0.4, 0.5) is 5.13 Å². The minimum atomic E-state index is -0.0348. The van der Waals surface area contributed by atoms with Crippen LogP contribution in [-0.4, -0.2) is 30.2 Å². The van der Waals surface area contributed by atoms with Gasteiger partial charge in [0, 0.05) is 47.5 Å². The number of hydrogen-bond acceptors (Lipinski definition) is 7. The number of aromatic nitrogens is 5. The van der Waals surface area contributed by atoms with Gasteiger partial charge in [-0.3, -0.25) is 9.78 Å². The van der Waals surface area contributed by atoms with Crippen molar-refractivity contribution in [1.82, 2.24) is 24.1 Å². The van der Waals surface area contributed by atoms with Gasteiger partial charge in [0.05, 0.1) is 11.7 Å². The Kier molecular flexibility index (Phi) is 4.64. The molecule has 0 bridgehead atoms. The SMILES string of the molecule is O=c1ccc(-c2ccncc2)nn1C1CCC(Nc2nc(C3CC3)ns2)CC1. The van der Waals surface area contributed by atoms with Crippen molar-refractivity contribution in [3.63, 3.8) is 0 Å². The van der Waals surface area contributed by atoms with Crippen LogP contribution in [-0.2, 0) is 0 Å². The molecule has 0 saturated heterocycles. The summed E-state index contributed by atoms with van der Waals surface area (Å²) in [4.78, 5) is 21.1. The fraction of sp³-hybridized carbons (Fsp3) is 0.450. The largest absolute Gasteiger partial charge is 0.358 e. The Bertz CT molecular complexity index is 1000. The summed E-state index contributed by atoms with van der Waals surface area (Å²) in [6.07, 6.45) is 9.78. The molecule has 2 fully saturated rings. The molecule has 0 atom stereocenters. The molecular weight excluding hydrogens is 372 g/mol. The highest BCUT2D eigenvalue weighted by atomic mass is 32.1. The molecular formula is C20H22N6OS. The van der Waals surface area contributed by atoms with Gasteiger partial charge < -0.3 is 5.32 Å². The summed E-state index contributed by atoms with van der Waals surface area (Å²) in [5, 5.41) is 9.11. The van der Waals surface area contributed by atoms with Crippen molar-refractivity contribution in [1.29, 1.82) is 0 Å². The molecule has 2 aliphatic carbocycles. The van der Waals surface area contributed by atoms with E-state index in [9.17, 15) is 4.79 Å². The lowest BCUT2D eigenvalue weighted by molar-refractivity contribution is 0.304. The van der Waals surface area contributed by atoms with E-state index in [0.717, 1.165) is 47.9 Å². The van der Waals surface area contributed by atoms with Crippen LogP contribution >= 0.6 is 11.5 Å². The van der Waals surface area contributed by atoms with E-state index < -0.39 is 0 Å². The molecule has 0 amide bonds. The molecule has 3 heterocycles. The highest BCUT2D eigenvalue weighted by molar-refractivity contribution is 7.09. The predicted molar refractivity (Wildman–Crippen MR) is 109 cm³/mol. The van der Waals surface area contributed by atoms with Crippen LogP contribution in [0.15, 0.2) is 41.5 Å². The molecule has 0 aliphatic heterocycles. The fourth-order valence-electron chi connectivity index (χ4n) is 3.80. The normalized spacial score (nSPS) is 22.1. The third-order valence-corrected chi connectivity index (χ3v) is 6.22. The summed E-state index contributed by atoms with van der Waals surface area (Å²) in [6, 6.07) is 7.76. The first kappa shape index (κ1) is 17.5. The third kappa shape index (κ3) is 3.69. The van der Waals surface area contributed by atoms with Crippen LogP contribution in [0, 0.1) is 0 Å². The van der Waals surface area contributed by atoms with E-state index >= 15 is 0 Å². The standard InChI is InChI=1S/C20H22N6OS/c27-18-8-7-17(13-9-11-21-12-10-13)24-26(18)16-5-3-15(4-6-16)22-20-23-19(25-28-20)14-1-2-14/h7-12,14-16H,1-6H2,(H,22,23,25). The smallest absolute Gasteiger partial charge is 0.267 e. The molecule has 0 unspecified atom stereocenters. The first-order chi connectivity index (χ1) is 13.8. The molecule has 2 saturated carbocycles. The van der Waals surface area contributed by atoms with Crippen LogP contribution < -0.4 is 10.9 Å². The van der Waals surface area contributed by atoms with E-state index in [0.29, 0.717) is 12.0 Å². The monoisotopic (exact) mass is 394 g/mol. The Labute approximate surface area is 167 Å². The molecule has 0 radical (unpaired) electrons. The summed E-state index contributed by atoms with van der Waals surface area (Å²) < 4.78 is 6.13. The molecule has 8 heteroatoms. The van der Waals surface area contributed by atoms with Gasteiger partial charge in [0.15, 0.2) is 0 Å². The highest BCUT2D eigenvalue weighted by Crippen LogP contribution is 2.39. The zero-order valence-corrected chi connectivity index (χ0v) is 16.3. The van der Waals surface area contributed by atoms with Crippen LogP contribution in [0.25, 0.3) is 11.3 Å². The summed E-state index contributed by atoms with van der Waals surface area (Å²) >= 11 is 1.47. The van der Waals surface area contributed by atoms with Gasteiger partial charge in [-0.25, -0.2) is 9.67 Å². The van der Waals surface area contributed by atoms with Crippen molar-refractivity contribution in [3.05, 3.63) is 52.8 Å². The molecule has 1 N–H and O–H groups in total. The molecule has 2 aliphatic rings. The molecule has 0 aromatic carbocycles. The first-order valence-electron chi connectivity index (χ1n) is 9.86. The quantitative estimate of drug-likeness (QED) is 0.711. The molecule has 0 spiro atoms. The van der Waals surface area contributed by atoms with Gasteiger partial charge in [-0.15, -0.1) is 0 Å². The average Bonchev–Trinajstić information content (AvgIpc) is 3.49. The average molecular weight is 395 g/mol. The maximum absolute atomic E-state index is 12.4. The van der Waals surface area contributed by atoms with Crippen LogP contribution in [0.1, 0.15) is 56.3 Å². The molecule has 3 aromatic heterocycles. The molecule has 3 aromatic rings. The van der Waals surface area contributed by atoms with E-state index in [4.69, 9.17) is 0 Å². The van der Waals surface area contributed by atoms with Crippen LogP contribution in [0.3, 0.4) is 0 Å². The Morgan fingerprint density at radius 1 is 1.00 bits per heavy atom. The Morgan fingerprint density at radius 3 is 2.54 bits per heavy atom. The minimum Gasteiger partial charge on any atom is -0.358 e. The number of hydrogen-bond donors (Lipinski definition) is 1. The van der Waals surface area contributed by atoms with E-state index in [1.165, 1.54) is 24.4 Å². The van der Waals surface area contributed by atoms with Crippen LogP contribution in [0.5, 0.6) is 0 Å². The summed E-state index contributed by atoms with van der Waals surface area (Å²) in [7, 11) is 0. The zero-order chi connectivity index (χ0) is 18.9. The lowest BCUT2D eigenvalue weighted by Gasteiger charge is -2.29. The Morgan fingerprint density at radius 2 is 1.79 bits per heavy atom. The van der Waals surface area contributed by atoms with E-state index in [1.807, 2.05) is 12.1 Å². The van der Waals surface area contributed by atoms with Gasteiger partial charge in [-0.1, -0.05) is 0 Å². The second-order valence-corrected chi connectivity index (χ2v) is 8.37. The van der Waals surface area contributed by atoms with Gasteiger partial charge in [-0.05, 0) is 56.7 Å². The number of pyridine rings is 1. The zero-order valence-electron chi connectivity index (χ0n) is 15.5. The van der Waals surface area contributed by atoms with Crippen molar-refractivity contribution >= 4 is 16.7 Å². The highest BCUT2D eigenvalue weighted by Gasteiger charge is 2.29. The van der Waals surface area contributed by atoms with Gasteiger partial charge in [0.1, 0.15) is 5.82 Å². The van der Waals surface area contributed by atoms with Crippen molar-refractivity contribution < 1.29 is 0 Å². The number of rotatable bonds is 5. The molecule has 144 valence electrons. The molecule has 5 rings (SSSR count). The van der Waals surface area contributed by atoms with Gasteiger partial charge >= 0.3 is 0 Å². The summed E-state index contributed by atoms with van der Waals surface area (Å²) in [6.45, 7) is 0. The second kappa shape index (κ2) is 7.43. The first-order valence-corrected chi connectivity index (χ1v) is 10.6. The third-order valence-electron chi connectivity index (χ3n) is 5.56. The van der Waals surface area contributed by atoms with E-state index in [1.54, 1.807) is 29.2 Å². The van der Waals surface area contributed by atoms with E-state index in [2.05, 4.69) is 24.8 Å². The van der Waals surface area contributed by atoms with Crippen molar-refractivity contribution in [2.75, 3.05) is 5.32 Å². The molecule has 7 nitrogen and oxygen atoms in total. The predicted octanol–water partition coefficient (Wildman–Crippen LogP) is 3.63. The minimum absolute atomic E-state index is 0.0348. The maximum Gasteiger partial charge on any atom is 0.267 e. The lowest BCUT2D eigenvalue weighted by Crippen LogP contribution is -2.33. The molecule has 28 heavy (non-hydrogen) atoms.